The minimum atomic E-state index is 0.697. The molecule has 1 aromatic rings. The fourth-order valence-electron chi connectivity index (χ4n) is 2.84. The van der Waals surface area contributed by atoms with Crippen LogP contribution in [0.1, 0.15) is 36.8 Å². The van der Waals surface area contributed by atoms with Crippen LogP contribution in [-0.2, 0) is 17.9 Å². The summed E-state index contributed by atoms with van der Waals surface area (Å²) in [6.45, 7) is 6.61. The monoisotopic (exact) mass is 276 g/mol. The van der Waals surface area contributed by atoms with E-state index >= 15 is 0 Å². The summed E-state index contributed by atoms with van der Waals surface area (Å²) in [7, 11) is 1.74. The average Bonchev–Trinajstić information content (AvgIpc) is 2.49. The normalized spacial score (nSPS) is 16.4. The topological polar surface area (TPSA) is 24.5 Å². The smallest absolute Gasteiger partial charge is 0.0713 e. The second-order valence-electron chi connectivity index (χ2n) is 5.69. The molecule has 1 saturated heterocycles. The van der Waals surface area contributed by atoms with Crippen LogP contribution in [-0.4, -0.2) is 38.2 Å². The Hall–Kier alpha value is -0.900. The Morgan fingerprint density at radius 2 is 1.95 bits per heavy atom. The summed E-state index contributed by atoms with van der Waals surface area (Å²) in [5.41, 5.74) is 2.60. The van der Waals surface area contributed by atoms with Crippen LogP contribution in [0.15, 0.2) is 24.3 Å². The summed E-state index contributed by atoms with van der Waals surface area (Å²) in [6, 6.07) is 8.63. The van der Waals surface area contributed by atoms with Crippen molar-refractivity contribution in [1.82, 2.24) is 10.2 Å². The maximum absolute atomic E-state index is 5.17. The van der Waals surface area contributed by atoms with E-state index in [1.54, 1.807) is 7.11 Å². The van der Waals surface area contributed by atoms with Crippen molar-refractivity contribution in [2.45, 2.75) is 38.8 Å². The number of nitrogens with one attached hydrogen (secondary N) is 1. The van der Waals surface area contributed by atoms with Crippen LogP contribution in [0.25, 0.3) is 0 Å². The second kappa shape index (κ2) is 9.11. The molecule has 0 radical (unpaired) electrons. The highest BCUT2D eigenvalue weighted by Gasteiger charge is 2.08. The molecule has 0 aromatic heterocycles. The van der Waals surface area contributed by atoms with Gasteiger partial charge in [-0.2, -0.15) is 0 Å². The van der Waals surface area contributed by atoms with Crippen molar-refractivity contribution in [1.29, 1.82) is 0 Å². The molecule has 1 aliphatic rings. The number of hydrogen-bond donors (Lipinski definition) is 1. The number of benzene rings is 1. The summed E-state index contributed by atoms with van der Waals surface area (Å²) in [5, 5.41) is 3.54. The zero-order valence-corrected chi connectivity index (χ0v) is 12.7. The second-order valence-corrected chi connectivity index (χ2v) is 5.69. The number of rotatable bonds is 8. The van der Waals surface area contributed by atoms with Gasteiger partial charge in [-0.15, -0.1) is 0 Å². The number of methoxy groups -OCH3 is 1. The molecule has 0 aliphatic carbocycles. The van der Waals surface area contributed by atoms with Crippen molar-refractivity contribution in [3.05, 3.63) is 35.4 Å². The van der Waals surface area contributed by atoms with Gasteiger partial charge in [-0.3, -0.25) is 0 Å². The number of piperidine rings is 1. The van der Waals surface area contributed by atoms with Crippen molar-refractivity contribution in [2.24, 2.45) is 0 Å². The summed E-state index contributed by atoms with van der Waals surface area (Å²) >= 11 is 0. The van der Waals surface area contributed by atoms with Crippen LogP contribution >= 0.6 is 0 Å². The Kier molecular flexibility index (Phi) is 7.06. The van der Waals surface area contributed by atoms with E-state index in [1.807, 2.05) is 0 Å². The molecule has 1 fully saturated rings. The average molecular weight is 276 g/mol. The molecule has 0 bridgehead atoms. The fourth-order valence-corrected chi connectivity index (χ4v) is 2.84. The van der Waals surface area contributed by atoms with Crippen LogP contribution in [0.4, 0.5) is 0 Å². The molecular weight excluding hydrogens is 248 g/mol. The highest BCUT2D eigenvalue weighted by Crippen LogP contribution is 2.09. The van der Waals surface area contributed by atoms with E-state index in [0.717, 1.165) is 13.1 Å². The summed E-state index contributed by atoms with van der Waals surface area (Å²) < 4.78 is 5.17. The highest BCUT2D eigenvalue weighted by atomic mass is 16.5. The Balaban J connectivity index is 1.59. The third-order valence-electron chi connectivity index (χ3n) is 3.91. The number of likely N-dealkylation sites (tertiary alicyclic amines) is 1. The predicted molar refractivity (Wildman–Crippen MR) is 83.8 cm³/mol. The van der Waals surface area contributed by atoms with Gasteiger partial charge in [0.1, 0.15) is 0 Å². The lowest BCUT2D eigenvalue weighted by atomic mass is 10.1. The molecule has 0 spiro atoms. The summed E-state index contributed by atoms with van der Waals surface area (Å²) in [5.74, 6) is 0. The molecule has 112 valence electrons. The lowest BCUT2D eigenvalue weighted by Gasteiger charge is -2.26. The Morgan fingerprint density at radius 1 is 1.15 bits per heavy atom. The van der Waals surface area contributed by atoms with Crippen LogP contribution in [0.2, 0.25) is 0 Å². The number of nitrogens with zero attached hydrogens (tertiary/aromatic N) is 1. The third kappa shape index (κ3) is 5.61. The Bertz CT molecular complexity index is 375. The van der Waals surface area contributed by atoms with Crippen LogP contribution in [0, 0.1) is 0 Å². The first-order chi connectivity index (χ1) is 9.88. The molecule has 1 aromatic carbocycles. The van der Waals surface area contributed by atoms with Crippen molar-refractivity contribution < 1.29 is 4.74 Å². The van der Waals surface area contributed by atoms with E-state index in [9.17, 15) is 0 Å². The maximum Gasteiger partial charge on any atom is 0.0713 e. The zero-order chi connectivity index (χ0) is 14.0. The van der Waals surface area contributed by atoms with Gasteiger partial charge in [0.15, 0.2) is 0 Å². The van der Waals surface area contributed by atoms with E-state index in [4.69, 9.17) is 4.74 Å². The third-order valence-corrected chi connectivity index (χ3v) is 3.91. The first-order valence-electron chi connectivity index (χ1n) is 7.88. The van der Waals surface area contributed by atoms with Gasteiger partial charge in [0.25, 0.3) is 0 Å². The van der Waals surface area contributed by atoms with Crippen LogP contribution in [0.5, 0.6) is 0 Å². The maximum atomic E-state index is 5.17. The van der Waals surface area contributed by atoms with E-state index in [1.165, 1.54) is 56.4 Å². The van der Waals surface area contributed by atoms with E-state index in [-0.39, 0.29) is 0 Å². The molecule has 1 N–H and O–H groups in total. The minimum Gasteiger partial charge on any atom is -0.380 e. The van der Waals surface area contributed by atoms with Gasteiger partial charge in [0.2, 0.25) is 0 Å². The molecule has 0 atom stereocenters. The summed E-state index contributed by atoms with van der Waals surface area (Å²) in [4.78, 5) is 2.60. The van der Waals surface area contributed by atoms with Crippen molar-refractivity contribution in [2.75, 3.05) is 33.3 Å². The molecule has 20 heavy (non-hydrogen) atoms. The lowest BCUT2D eigenvalue weighted by molar-refractivity contribution is 0.185. The first-order valence-corrected chi connectivity index (χ1v) is 7.88. The molecule has 1 heterocycles. The van der Waals surface area contributed by atoms with Gasteiger partial charge in [-0.1, -0.05) is 30.7 Å². The molecule has 0 saturated carbocycles. The molecule has 0 unspecified atom stereocenters. The summed E-state index contributed by atoms with van der Waals surface area (Å²) in [6.07, 6.45) is 5.45. The Labute approximate surface area is 123 Å². The van der Waals surface area contributed by atoms with Gasteiger partial charge >= 0.3 is 0 Å². The number of hydrogen-bond acceptors (Lipinski definition) is 3. The van der Waals surface area contributed by atoms with Crippen LogP contribution in [0.3, 0.4) is 0 Å². The van der Waals surface area contributed by atoms with Crippen molar-refractivity contribution >= 4 is 0 Å². The van der Waals surface area contributed by atoms with Crippen LogP contribution < -0.4 is 5.32 Å². The van der Waals surface area contributed by atoms with E-state index in [2.05, 4.69) is 34.5 Å². The molecule has 2 rings (SSSR count). The molecule has 3 heteroatoms. The molecule has 1 aliphatic heterocycles. The zero-order valence-electron chi connectivity index (χ0n) is 12.7. The standard InChI is InChI=1S/C17H28N2O/c1-20-15-17-8-5-7-16(13-17)14-18-9-6-12-19-10-3-2-4-11-19/h5,7-8,13,18H,2-4,6,9-12,14-15H2,1H3. The Morgan fingerprint density at radius 3 is 2.75 bits per heavy atom. The first kappa shape index (κ1) is 15.5. The molecular formula is C17H28N2O. The van der Waals surface area contributed by atoms with Gasteiger partial charge in [0, 0.05) is 13.7 Å². The molecule has 0 amide bonds. The van der Waals surface area contributed by atoms with Crippen molar-refractivity contribution in [3.8, 4) is 0 Å². The minimum absolute atomic E-state index is 0.697. The quantitative estimate of drug-likeness (QED) is 0.739. The van der Waals surface area contributed by atoms with Gasteiger partial charge in [-0.25, -0.2) is 0 Å². The van der Waals surface area contributed by atoms with Gasteiger partial charge < -0.3 is 15.0 Å². The predicted octanol–water partition coefficient (Wildman–Crippen LogP) is 2.80. The SMILES string of the molecule is COCc1cccc(CNCCCN2CCCCC2)c1. The van der Waals surface area contributed by atoms with E-state index < -0.39 is 0 Å². The van der Waals surface area contributed by atoms with Crippen molar-refractivity contribution in [3.63, 3.8) is 0 Å². The fraction of sp³-hybridized carbons (Fsp3) is 0.647. The number of ether oxygens (including phenoxy) is 1. The molecule has 3 nitrogen and oxygen atoms in total. The lowest BCUT2D eigenvalue weighted by Crippen LogP contribution is -2.32. The van der Waals surface area contributed by atoms with Gasteiger partial charge in [-0.05, 0) is 56.6 Å². The largest absolute Gasteiger partial charge is 0.380 e. The van der Waals surface area contributed by atoms with Gasteiger partial charge in [0.05, 0.1) is 6.61 Å². The highest BCUT2D eigenvalue weighted by molar-refractivity contribution is 5.22. The van der Waals surface area contributed by atoms with E-state index in [0.29, 0.717) is 6.61 Å².